The van der Waals surface area contributed by atoms with Gasteiger partial charge in [-0.05, 0) is 23.8 Å². The molecule has 0 spiro atoms. The van der Waals surface area contributed by atoms with Crippen LogP contribution in [0.5, 0.6) is 0 Å². The zero-order chi connectivity index (χ0) is 13.3. The first-order valence-electron chi connectivity index (χ1n) is 7.02. The molecule has 102 valence electrons. The van der Waals surface area contributed by atoms with Crippen LogP contribution in [-0.4, -0.2) is 28.5 Å². The maximum Gasteiger partial charge on any atom is 0.107 e. The van der Waals surface area contributed by atoms with Gasteiger partial charge in [-0.25, -0.2) is 0 Å². The van der Waals surface area contributed by atoms with Crippen molar-refractivity contribution in [3.63, 3.8) is 0 Å². The summed E-state index contributed by atoms with van der Waals surface area (Å²) in [5.41, 5.74) is 1.13. The standard InChI is InChI=1S/C15H24O3/c1-8-9-7-18-10-5-6-14(2,3)13(15(9,10)4)12(17)11(8)16/h7-8,10-13,16-17H,5-6H2,1-4H3/t8-,10-,11+,12+,13-,15-/m1/s1. The topological polar surface area (TPSA) is 49.7 Å². The number of hydrogen-bond donors (Lipinski definition) is 2. The molecular formula is C15H24O3. The SMILES string of the molecule is C[C@@H]1C2=CO[C@@H]3CCC(C)(C)[C@@H]([C@@H](O)[C@H]1O)[C@]23C. The minimum absolute atomic E-state index is 0.0138. The van der Waals surface area contributed by atoms with E-state index in [1.807, 2.05) is 13.2 Å². The van der Waals surface area contributed by atoms with Gasteiger partial charge in [0.1, 0.15) is 6.10 Å². The molecule has 2 N–H and O–H groups in total. The highest BCUT2D eigenvalue weighted by atomic mass is 16.5. The molecule has 2 saturated carbocycles. The molecule has 2 fully saturated rings. The molecule has 0 aromatic rings. The van der Waals surface area contributed by atoms with Gasteiger partial charge < -0.3 is 14.9 Å². The highest BCUT2D eigenvalue weighted by Crippen LogP contribution is 2.63. The highest BCUT2D eigenvalue weighted by Gasteiger charge is 2.64. The summed E-state index contributed by atoms with van der Waals surface area (Å²) in [7, 11) is 0. The van der Waals surface area contributed by atoms with Gasteiger partial charge in [0.2, 0.25) is 0 Å². The maximum atomic E-state index is 10.6. The van der Waals surface area contributed by atoms with Crippen molar-refractivity contribution in [1.29, 1.82) is 0 Å². The third-order valence-corrected chi connectivity index (χ3v) is 5.88. The smallest absolute Gasteiger partial charge is 0.107 e. The van der Waals surface area contributed by atoms with Gasteiger partial charge in [0.15, 0.2) is 0 Å². The van der Waals surface area contributed by atoms with Crippen LogP contribution in [0, 0.1) is 22.7 Å². The lowest BCUT2D eigenvalue weighted by Gasteiger charge is -2.58. The Kier molecular flexibility index (Phi) is 2.44. The van der Waals surface area contributed by atoms with Gasteiger partial charge >= 0.3 is 0 Å². The largest absolute Gasteiger partial charge is 0.497 e. The van der Waals surface area contributed by atoms with Crippen LogP contribution in [0.15, 0.2) is 11.8 Å². The Morgan fingerprint density at radius 3 is 2.56 bits per heavy atom. The molecule has 0 unspecified atom stereocenters. The van der Waals surface area contributed by atoms with Crippen LogP contribution in [0.4, 0.5) is 0 Å². The molecule has 18 heavy (non-hydrogen) atoms. The minimum atomic E-state index is -0.672. The number of hydrogen-bond acceptors (Lipinski definition) is 3. The summed E-state index contributed by atoms with van der Waals surface area (Å²) >= 11 is 0. The lowest BCUT2D eigenvalue weighted by Crippen LogP contribution is -2.62. The molecule has 1 aliphatic heterocycles. The predicted molar refractivity (Wildman–Crippen MR) is 68.7 cm³/mol. The monoisotopic (exact) mass is 252 g/mol. The third-order valence-electron chi connectivity index (χ3n) is 5.88. The normalized spacial score (nSPS) is 53.4. The van der Waals surface area contributed by atoms with Gasteiger partial charge in [0.05, 0.1) is 18.5 Å². The molecule has 3 nitrogen and oxygen atoms in total. The molecule has 0 amide bonds. The summed E-state index contributed by atoms with van der Waals surface area (Å²) in [6, 6.07) is 0. The Labute approximate surface area is 109 Å². The first kappa shape index (κ1) is 12.5. The zero-order valence-electron chi connectivity index (χ0n) is 11.7. The van der Waals surface area contributed by atoms with Crippen molar-refractivity contribution in [2.45, 2.75) is 58.8 Å². The molecule has 3 heteroatoms. The van der Waals surface area contributed by atoms with Crippen LogP contribution in [0.1, 0.15) is 40.5 Å². The van der Waals surface area contributed by atoms with Gasteiger partial charge in [-0.1, -0.05) is 27.7 Å². The van der Waals surface area contributed by atoms with Gasteiger partial charge in [0, 0.05) is 17.3 Å². The van der Waals surface area contributed by atoms with E-state index in [1.54, 1.807) is 0 Å². The molecule has 2 aliphatic carbocycles. The lowest BCUT2D eigenvalue weighted by molar-refractivity contribution is -0.171. The van der Waals surface area contributed by atoms with Crippen LogP contribution >= 0.6 is 0 Å². The molecule has 1 heterocycles. The summed E-state index contributed by atoms with van der Waals surface area (Å²) in [5, 5.41) is 20.9. The Balaban J connectivity index is 2.13. The van der Waals surface area contributed by atoms with Crippen molar-refractivity contribution >= 4 is 0 Å². The summed E-state index contributed by atoms with van der Waals surface area (Å²) in [4.78, 5) is 0. The average Bonchev–Trinajstić information content (AvgIpc) is 2.61. The summed E-state index contributed by atoms with van der Waals surface area (Å²) < 4.78 is 5.85. The van der Waals surface area contributed by atoms with Crippen LogP contribution in [0.2, 0.25) is 0 Å². The Hall–Kier alpha value is -0.540. The van der Waals surface area contributed by atoms with E-state index < -0.39 is 12.2 Å². The van der Waals surface area contributed by atoms with E-state index >= 15 is 0 Å². The Bertz CT molecular complexity index is 401. The Morgan fingerprint density at radius 1 is 1.22 bits per heavy atom. The van der Waals surface area contributed by atoms with E-state index in [9.17, 15) is 10.2 Å². The second-order valence-electron chi connectivity index (χ2n) is 7.26. The van der Waals surface area contributed by atoms with Crippen LogP contribution in [0.25, 0.3) is 0 Å². The molecular weight excluding hydrogens is 228 g/mol. The number of aliphatic hydroxyl groups excluding tert-OH is 2. The van der Waals surface area contributed by atoms with E-state index in [4.69, 9.17) is 4.74 Å². The van der Waals surface area contributed by atoms with Crippen molar-refractivity contribution in [2.24, 2.45) is 22.7 Å². The molecule has 0 saturated heterocycles. The van der Waals surface area contributed by atoms with Crippen molar-refractivity contribution < 1.29 is 14.9 Å². The number of aliphatic hydroxyl groups is 2. The fraction of sp³-hybridized carbons (Fsp3) is 0.867. The van der Waals surface area contributed by atoms with Gasteiger partial charge in [0.25, 0.3) is 0 Å². The van der Waals surface area contributed by atoms with Crippen molar-refractivity contribution in [3.05, 3.63) is 11.8 Å². The van der Waals surface area contributed by atoms with Gasteiger partial charge in [-0.15, -0.1) is 0 Å². The second-order valence-corrected chi connectivity index (χ2v) is 7.26. The number of ether oxygens (including phenoxy) is 1. The van der Waals surface area contributed by atoms with E-state index in [1.165, 1.54) is 5.57 Å². The van der Waals surface area contributed by atoms with Crippen molar-refractivity contribution in [1.82, 2.24) is 0 Å². The zero-order valence-corrected chi connectivity index (χ0v) is 11.7. The first-order valence-corrected chi connectivity index (χ1v) is 7.02. The Morgan fingerprint density at radius 2 is 1.89 bits per heavy atom. The first-order chi connectivity index (χ1) is 8.30. The molecule has 0 radical (unpaired) electrons. The molecule has 3 aliphatic rings. The van der Waals surface area contributed by atoms with Gasteiger partial charge in [-0.3, -0.25) is 0 Å². The minimum Gasteiger partial charge on any atom is -0.497 e. The van der Waals surface area contributed by atoms with E-state index in [2.05, 4.69) is 20.8 Å². The highest BCUT2D eigenvalue weighted by molar-refractivity contribution is 5.31. The van der Waals surface area contributed by atoms with E-state index in [-0.39, 0.29) is 28.8 Å². The second kappa shape index (κ2) is 3.51. The van der Waals surface area contributed by atoms with Crippen LogP contribution < -0.4 is 0 Å². The summed E-state index contributed by atoms with van der Waals surface area (Å²) in [6.45, 7) is 8.63. The van der Waals surface area contributed by atoms with Gasteiger partial charge in [-0.2, -0.15) is 0 Å². The molecule has 0 aromatic heterocycles. The fourth-order valence-electron chi connectivity index (χ4n) is 4.92. The lowest BCUT2D eigenvalue weighted by atomic mass is 9.47. The van der Waals surface area contributed by atoms with E-state index in [0.29, 0.717) is 0 Å². The number of rotatable bonds is 0. The fourth-order valence-corrected chi connectivity index (χ4v) is 4.92. The predicted octanol–water partition coefficient (Wildman–Crippen LogP) is 2.08. The summed E-state index contributed by atoms with van der Waals surface area (Å²) in [6.07, 6.45) is 2.79. The van der Waals surface area contributed by atoms with Crippen LogP contribution in [0.3, 0.4) is 0 Å². The summed E-state index contributed by atoms with van der Waals surface area (Å²) in [5.74, 6) is 0.0591. The van der Waals surface area contributed by atoms with Crippen molar-refractivity contribution in [2.75, 3.05) is 0 Å². The third kappa shape index (κ3) is 1.27. The molecule has 0 bridgehead atoms. The molecule has 6 atom stereocenters. The molecule has 0 aromatic carbocycles. The maximum absolute atomic E-state index is 10.6. The quantitative estimate of drug-likeness (QED) is 0.694. The van der Waals surface area contributed by atoms with E-state index in [0.717, 1.165) is 12.8 Å². The van der Waals surface area contributed by atoms with Crippen molar-refractivity contribution in [3.8, 4) is 0 Å². The molecule has 3 rings (SSSR count). The van der Waals surface area contributed by atoms with Crippen LogP contribution in [-0.2, 0) is 4.74 Å². The average molecular weight is 252 g/mol.